The Hall–Kier alpha value is -1.64. The van der Waals surface area contributed by atoms with Gasteiger partial charge in [0.1, 0.15) is 5.78 Å². The number of nitrogens with zero attached hydrogens (tertiary/aromatic N) is 1. The van der Waals surface area contributed by atoms with Crippen molar-refractivity contribution in [3.8, 4) is 0 Å². The van der Waals surface area contributed by atoms with Crippen LogP contribution >= 0.6 is 0 Å². The van der Waals surface area contributed by atoms with Gasteiger partial charge in [0.25, 0.3) is 5.91 Å². The highest BCUT2D eigenvalue weighted by Gasteiger charge is 2.27. The summed E-state index contributed by atoms with van der Waals surface area (Å²) in [4.78, 5) is 25.9. The fourth-order valence-corrected chi connectivity index (χ4v) is 3.17. The average molecular weight is 273 g/mol. The first-order valence-corrected chi connectivity index (χ1v) is 7.27. The molecule has 0 heterocycles. The number of ketones is 1. The van der Waals surface area contributed by atoms with Crippen molar-refractivity contribution in [1.29, 1.82) is 0 Å². The van der Waals surface area contributed by atoms with Crippen molar-refractivity contribution in [3.05, 3.63) is 34.4 Å². The lowest BCUT2D eigenvalue weighted by atomic mass is 9.92. The average Bonchev–Trinajstić information content (AvgIpc) is 2.37. The highest BCUT2D eigenvalue weighted by atomic mass is 16.2. The molecule has 0 spiro atoms. The van der Waals surface area contributed by atoms with Crippen molar-refractivity contribution >= 4 is 11.7 Å². The van der Waals surface area contributed by atoms with Crippen LogP contribution in [0, 0.1) is 20.8 Å². The quantitative estimate of drug-likeness (QED) is 0.830. The van der Waals surface area contributed by atoms with Gasteiger partial charge in [0.2, 0.25) is 0 Å². The molecule has 108 valence electrons. The van der Waals surface area contributed by atoms with Crippen molar-refractivity contribution in [2.75, 3.05) is 7.05 Å². The molecule has 3 heteroatoms. The molecular weight excluding hydrogens is 250 g/mol. The van der Waals surface area contributed by atoms with Crippen LogP contribution in [-0.2, 0) is 4.79 Å². The molecule has 3 nitrogen and oxygen atoms in total. The molecule has 0 unspecified atom stereocenters. The van der Waals surface area contributed by atoms with E-state index < -0.39 is 0 Å². The van der Waals surface area contributed by atoms with E-state index in [1.807, 2.05) is 32.7 Å². The van der Waals surface area contributed by atoms with E-state index in [0.29, 0.717) is 18.6 Å². The molecule has 1 amide bonds. The number of benzene rings is 1. The van der Waals surface area contributed by atoms with Crippen LogP contribution in [0.25, 0.3) is 0 Å². The normalized spacial score (nSPS) is 16.3. The monoisotopic (exact) mass is 273 g/mol. The predicted molar refractivity (Wildman–Crippen MR) is 80.0 cm³/mol. The number of aryl methyl sites for hydroxylation is 3. The number of hydrogen-bond donors (Lipinski definition) is 0. The Morgan fingerprint density at radius 3 is 2.10 bits per heavy atom. The second kappa shape index (κ2) is 5.78. The molecule has 1 fully saturated rings. The minimum atomic E-state index is 0.0827. The third-order valence-electron chi connectivity index (χ3n) is 4.27. The molecule has 0 atom stereocenters. The Kier molecular flexibility index (Phi) is 4.26. The zero-order valence-corrected chi connectivity index (χ0v) is 12.8. The van der Waals surface area contributed by atoms with E-state index in [4.69, 9.17) is 0 Å². The molecule has 1 saturated carbocycles. The topological polar surface area (TPSA) is 37.4 Å². The van der Waals surface area contributed by atoms with Gasteiger partial charge in [0.05, 0.1) is 0 Å². The summed E-state index contributed by atoms with van der Waals surface area (Å²) in [5.74, 6) is 0.407. The Labute approximate surface area is 121 Å². The van der Waals surface area contributed by atoms with Crippen LogP contribution in [0.2, 0.25) is 0 Å². The Morgan fingerprint density at radius 1 is 1.10 bits per heavy atom. The molecule has 0 bridgehead atoms. The maximum atomic E-state index is 12.7. The van der Waals surface area contributed by atoms with Crippen LogP contribution in [-0.4, -0.2) is 29.7 Å². The Morgan fingerprint density at radius 2 is 1.60 bits per heavy atom. The van der Waals surface area contributed by atoms with Gasteiger partial charge in [0, 0.05) is 31.5 Å². The highest BCUT2D eigenvalue weighted by Crippen LogP contribution is 2.24. The van der Waals surface area contributed by atoms with Gasteiger partial charge in [-0.15, -0.1) is 0 Å². The minimum absolute atomic E-state index is 0.0827. The number of rotatable bonds is 2. The molecule has 1 aliphatic carbocycles. The summed E-state index contributed by atoms with van der Waals surface area (Å²) in [6, 6.07) is 4.30. The SMILES string of the molecule is Cc1cc(C)c(C(=O)N(C)C2CCC(=O)CC2)c(C)c1. The molecule has 20 heavy (non-hydrogen) atoms. The second-order valence-corrected chi connectivity index (χ2v) is 5.96. The van der Waals surface area contributed by atoms with Crippen LogP contribution in [0.1, 0.15) is 52.7 Å². The van der Waals surface area contributed by atoms with Gasteiger partial charge in [-0.05, 0) is 44.7 Å². The van der Waals surface area contributed by atoms with E-state index in [0.717, 1.165) is 29.5 Å². The molecule has 0 radical (unpaired) electrons. The summed E-state index contributed by atoms with van der Waals surface area (Å²) in [6.45, 7) is 6.03. The third-order valence-corrected chi connectivity index (χ3v) is 4.27. The van der Waals surface area contributed by atoms with E-state index in [9.17, 15) is 9.59 Å². The molecule has 0 aromatic heterocycles. The molecule has 0 aliphatic heterocycles. The maximum absolute atomic E-state index is 12.7. The van der Waals surface area contributed by atoms with Crippen LogP contribution in [0.15, 0.2) is 12.1 Å². The lowest BCUT2D eigenvalue weighted by molar-refractivity contribution is -0.121. The van der Waals surface area contributed by atoms with Crippen molar-refractivity contribution in [1.82, 2.24) is 4.90 Å². The summed E-state index contributed by atoms with van der Waals surface area (Å²) in [5.41, 5.74) is 4.06. The summed E-state index contributed by atoms with van der Waals surface area (Å²) in [6.07, 6.45) is 2.80. The van der Waals surface area contributed by atoms with Crippen molar-refractivity contribution in [3.63, 3.8) is 0 Å². The number of carbonyl (C=O) groups is 2. The summed E-state index contributed by atoms with van der Waals surface area (Å²) >= 11 is 0. The number of carbonyl (C=O) groups excluding carboxylic acids is 2. The maximum Gasteiger partial charge on any atom is 0.254 e. The molecule has 0 saturated heterocycles. The standard InChI is InChI=1S/C17H23NO2/c1-11-9-12(2)16(13(3)10-11)17(20)18(4)14-5-7-15(19)8-6-14/h9-10,14H,5-8H2,1-4H3. The van der Waals surface area contributed by atoms with Gasteiger partial charge in [-0.3, -0.25) is 9.59 Å². The zero-order valence-electron chi connectivity index (χ0n) is 12.8. The fourth-order valence-electron chi connectivity index (χ4n) is 3.17. The van der Waals surface area contributed by atoms with Crippen LogP contribution in [0.3, 0.4) is 0 Å². The lowest BCUT2D eigenvalue weighted by Crippen LogP contribution is -2.40. The smallest absolute Gasteiger partial charge is 0.254 e. The first kappa shape index (κ1) is 14.8. The van der Waals surface area contributed by atoms with E-state index in [2.05, 4.69) is 12.1 Å². The second-order valence-electron chi connectivity index (χ2n) is 5.96. The van der Waals surface area contributed by atoms with Crippen molar-refractivity contribution < 1.29 is 9.59 Å². The largest absolute Gasteiger partial charge is 0.339 e. The van der Waals surface area contributed by atoms with Crippen LogP contribution in [0.4, 0.5) is 0 Å². The number of hydrogen-bond acceptors (Lipinski definition) is 2. The molecule has 2 rings (SSSR count). The van der Waals surface area contributed by atoms with Gasteiger partial charge < -0.3 is 4.90 Å². The molecular formula is C17H23NO2. The fraction of sp³-hybridized carbons (Fsp3) is 0.529. The van der Waals surface area contributed by atoms with E-state index in [1.54, 1.807) is 0 Å². The van der Waals surface area contributed by atoms with Crippen molar-refractivity contribution in [2.24, 2.45) is 0 Å². The van der Waals surface area contributed by atoms with Gasteiger partial charge in [0.15, 0.2) is 0 Å². The highest BCUT2D eigenvalue weighted by molar-refractivity contribution is 5.97. The Balaban J connectivity index is 2.21. The molecule has 1 aromatic carbocycles. The summed E-state index contributed by atoms with van der Waals surface area (Å²) in [7, 11) is 1.86. The van der Waals surface area contributed by atoms with Gasteiger partial charge in [-0.2, -0.15) is 0 Å². The zero-order chi connectivity index (χ0) is 14.9. The minimum Gasteiger partial charge on any atom is -0.339 e. The number of amides is 1. The van der Waals surface area contributed by atoms with Crippen LogP contribution in [0.5, 0.6) is 0 Å². The third kappa shape index (κ3) is 2.92. The molecule has 1 aromatic rings. The van der Waals surface area contributed by atoms with Gasteiger partial charge in [-0.25, -0.2) is 0 Å². The number of Topliss-reactive ketones (excluding diaryl/α,β-unsaturated/α-hetero) is 1. The summed E-state index contributed by atoms with van der Waals surface area (Å²) in [5, 5.41) is 0. The van der Waals surface area contributed by atoms with Crippen molar-refractivity contribution in [2.45, 2.75) is 52.5 Å². The first-order valence-electron chi connectivity index (χ1n) is 7.27. The lowest BCUT2D eigenvalue weighted by Gasteiger charge is -2.31. The molecule has 1 aliphatic rings. The van der Waals surface area contributed by atoms with Crippen LogP contribution < -0.4 is 0 Å². The van der Waals surface area contributed by atoms with Gasteiger partial charge in [-0.1, -0.05) is 17.7 Å². The first-order chi connectivity index (χ1) is 9.40. The predicted octanol–water partition coefficient (Wildman–Crippen LogP) is 3.20. The summed E-state index contributed by atoms with van der Waals surface area (Å²) < 4.78 is 0. The van der Waals surface area contributed by atoms with E-state index in [-0.39, 0.29) is 11.9 Å². The van der Waals surface area contributed by atoms with E-state index >= 15 is 0 Å². The van der Waals surface area contributed by atoms with Gasteiger partial charge >= 0.3 is 0 Å². The van der Waals surface area contributed by atoms with E-state index in [1.165, 1.54) is 5.56 Å². The Bertz CT molecular complexity index is 515. The molecule has 0 N–H and O–H groups in total.